The minimum absolute atomic E-state index is 0.380. The van der Waals surface area contributed by atoms with Gasteiger partial charge < -0.3 is 0 Å². The van der Waals surface area contributed by atoms with E-state index in [1.54, 1.807) is 5.56 Å². The molecule has 1 heteroatoms. The Balaban J connectivity index is 0.000000511. The minimum atomic E-state index is 0.380. The van der Waals surface area contributed by atoms with Crippen molar-refractivity contribution in [2.45, 2.75) is 64.2 Å². The summed E-state index contributed by atoms with van der Waals surface area (Å²) in [4.78, 5) is 0. The molecule has 0 aliphatic heterocycles. The van der Waals surface area contributed by atoms with E-state index in [0.717, 1.165) is 23.7 Å². The molecule has 0 bridgehead atoms. The molecule has 0 saturated heterocycles. The maximum absolute atomic E-state index is 3.97. The number of rotatable bonds is 3. The summed E-state index contributed by atoms with van der Waals surface area (Å²) in [5, 5.41) is 0. The molecule has 0 atom stereocenters. The Bertz CT molecular complexity index is 483. The summed E-state index contributed by atoms with van der Waals surface area (Å²) in [6, 6.07) is 9.27. The van der Waals surface area contributed by atoms with Gasteiger partial charge in [-0.05, 0) is 108 Å². The Labute approximate surface area is 158 Å². The van der Waals surface area contributed by atoms with Gasteiger partial charge in [-0.25, -0.2) is 0 Å². The topological polar surface area (TPSA) is 0 Å². The van der Waals surface area contributed by atoms with Crippen molar-refractivity contribution in [2.24, 2.45) is 17.8 Å². The zero-order chi connectivity index (χ0) is 18.2. The fourth-order valence-corrected chi connectivity index (χ4v) is 4.61. The average molecular weight is 359 g/mol. The van der Waals surface area contributed by atoms with Gasteiger partial charge in [-0.15, -0.1) is 14.5 Å². The van der Waals surface area contributed by atoms with E-state index < -0.39 is 0 Å². The van der Waals surface area contributed by atoms with E-state index >= 15 is 0 Å². The third kappa shape index (κ3) is 6.90. The van der Waals surface area contributed by atoms with Gasteiger partial charge in [0.2, 0.25) is 0 Å². The average Bonchev–Trinajstić information content (AvgIpc) is 2.62. The van der Waals surface area contributed by atoms with Crippen molar-refractivity contribution in [3.8, 4) is 0 Å². The molecule has 0 nitrogen and oxygen atoms in total. The first-order valence-electron chi connectivity index (χ1n) is 10.3. The van der Waals surface area contributed by atoms with E-state index in [9.17, 15) is 0 Å². The third-order valence-electron chi connectivity index (χ3n) is 6.14. The van der Waals surface area contributed by atoms with Crippen LogP contribution in [0.1, 0.15) is 68.4 Å². The molecule has 0 spiro atoms. The highest BCUT2D eigenvalue weighted by atomic mass is 31.1. The molecule has 25 heavy (non-hydrogen) atoms. The predicted octanol–water partition coefficient (Wildman–Crippen LogP) is 7.62. The lowest BCUT2D eigenvalue weighted by Gasteiger charge is -2.37. The second-order valence-electron chi connectivity index (χ2n) is 8.77. The van der Waals surface area contributed by atoms with Gasteiger partial charge in [-0.3, -0.25) is 0 Å². The first-order chi connectivity index (χ1) is 12.0. The molecule has 2 saturated carbocycles. The van der Waals surface area contributed by atoms with Crippen LogP contribution >= 0.6 is 7.92 Å². The maximum atomic E-state index is 3.97. The smallest absolute Gasteiger partial charge is 0.0162 e. The molecule has 0 heterocycles. The second-order valence-corrected chi connectivity index (χ2v) is 11.5. The van der Waals surface area contributed by atoms with Crippen LogP contribution in [0, 0.1) is 24.7 Å². The van der Waals surface area contributed by atoms with Gasteiger partial charge in [0.1, 0.15) is 0 Å². The van der Waals surface area contributed by atoms with Crippen molar-refractivity contribution >= 4 is 7.92 Å². The van der Waals surface area contributed by atoms with Crippen LogP contribution in [0.4, 0.5) is 0 Å². The molecule has 2 aliphatic rings. The van der Waals surface area contributed by atoms with E-state index in [4.69, 9.17) is 0 Å². The van der Waals surface area contributed by atoms with Gasteiger partial charge in [-0.2, -0.15) is 0 Å². The van der Waals surface area contributed by atoms with Gasteiger partial charge in [0.15, 0.2) is 0 Å². The number of hydrogen-bond donors (Lipinski definition) is 0. The fraction of sp³-hybridized carbons (Fsp3) is 0.667. The summed E-state index contributed by atoms with van der Waals surface area (Å²) in [5.74, 6) is 3.66. The number of allylic oxidation sites excluding steroid dienone is 1. The summed E-state index contributed by atoms with van der Waals surface area (Å²) in [6.45, 7) is 12.8. The summed E-state index contributed by atoms with van der Waals surface area (Å²) >= 11 is 0. The van der Waals surface area contributed by atoms with Crippen LogP contribution in [-0.2, 0) is 0 Å². The quantitative estimate of drug-likeness (QED) is 0.385. The van der Waals surface area contributed by atoms with Crippen LogP contribution in [0.25, 0.3) is 0 Å². The molecule has 1 aromatic rings. The van der Waals surface area contributed by atoms with Crippen LogP contribution in [0.2, 0.25) is 0 Å². The van der Waals surface area contributed by atoms with Gasteiger partial charge in [0.25, 0.3) is 0 Å². The highest BCUT2D eigenvalue weighted by molar-refractivity contribution is 7.55. The van der Waals surface area contributed by atoms with E-state index in [0.29, 0.717) is 7.92 Å². The molecule has 0 unspecified atom stereocenters. The fourth-order valence-electron chi connectivity index (χ4n) is 4.61. The highest BCUT2D eigenvalue weighted by Gasteiger charge is 2.30. The molecule has 2 aliphatic carbocycles. The lowest BCUT2D eigenvalue weighted by atomic mass is 9.68. The van der Waals surface area contributed by atoms with Gasteiger partial charge in [-0.1, -0.05) is 35.9 Å². The molecule has 2 fully saturated rings. The largest absolute Gasteiger partial charge is 0.116 e. The number of hydrogen-bond acceptors (Lipinski definition) is 0. The van der Waals surface area contributed by atoms with Crippen LogP contribution in [0.15, 0.2) is 36.9 Å². The molecule has 0 amide bonds. The standard InChI is InChI=1S/C21H30.C3H9P/c1-3-17-6-10-19(11-7-17)21-14-12-20(13-15-21)18-8-4-16(2)5-9-18;1-4(2)3/h3-5,8-9,17,19-21H,1,6-7,10-15H2,2H3;1-3H3. The zero-order valence-corrected chi connectivity index (χ0v) is 17.9. The summed E-state index contributed by atoms with van der Waals surface area (Å²) in [5.41, 5.74) is 2.96. The van der Waals surface area contributed by atoms with Crippen LogP contribution in [0.5, 0.6) is 0 Å². The lowest BCUT2D eigenvalue weighted by molar-refractivity contribution is 0.171. The van der Waals surface area contributed by atoms with Crippen molar-refractivity contribution in [2.75, 3.05) is 20.0 Å². The zero-order valence-electron chi connectivity index (χ0n) is 17.0. The first kappa shape index (κ1) is 20.7. The van der Waals surface area contributed by atoms with Crippen LogP contribution < -0.4 is 0 Å². The Hall–Kier alpha value is -0.610. The summed E-state index contributed by atoms with van der Waals surface area (Å²) < 4.78 is 0. The molecule has 0 aromatic heterocycles. The monoisotopic (exact) mass is 358 g/mol. The Morgan fingerprint density at radius 1 is 0.800 bits per heavy atom. The molecular weight excluding hydrogens is 319 g/mol. The lowest BCUT2D eigenvalue weighted by Crippen LogP contribution is -2.25. The van der Waals surface area contributed by atoms with E-state index in [-0.39, 0.29) is 0 Å². The molecular formula is C24H39P. The van der Waals surface area contributed by atoms with Crippen molar-refractivity contribution in [1.82, 2.24) is 0 Å². The van der Waals surface area contributed by atoms with Crippen molar-refractivity contribution in [3.63, 3.8) is 0 Å². The summed E-state index contributed by atoms with van der Waals surface area (Å²) in [6.07, 6.45) is 13.6. The van der Waals surface area contributed by atoms with Crippen molar-refractivity contribution < 1.29 is 0 Å². The molecule has 140 valence electrons. The predicted molar refractivity (Wildman–Crippen MR) is 116 cm³/mol. The molecule has 1 aromatic carbocycles. The summed E-state index contributed by atoms with van der Waals surface area (Å²) in [7, 11) is 0.380. The number of aryl methyl sites for hydroxylation is 1. The molecule has 0 N–H and O–H groups in total. The molecule has 3 rings (SSSR count). The van der Waals surface area contributed by atoms with Crippen LogP contribution in [0.3, 0.4) is 0 Å². The van der Waals surface area contributed by atoms with Crippen molar-refractivity contribution in [3.05, 3.63) is 48.0 Å². The van der Waals surface area contributed by atoms with Gasteiger partial charge >= 0.3 is 0 Å². The number of benzene rings is 1. The third-order valence-corrected chi connectivity index (χ3v) is 6.14. The SMILES string of the molecule is C=CC1CCC(C2CCC(c3ccc(C)cc3)CC2)CC1.CP(C)C. The highest BCUT2D eigenvalue weighted by Crippen LogP contribution is 2.43. The first-order valence-corrected chi connectivity index (χ1v) is 13.0. The van der Waals surface area contributed by atoms with Crippen LogP contribution in [-0.4, -0.2) is 20.0 Å². The Morgan fingerprint density at radius 3 is 1.68 bits per heavy atom. The Kier molecular flexibility index (Phi) is 8.71. The Morgan fingerprint density at radius 2 is 1.24 bits per heavy atom. The van der Waals surface area contributed by atoms with E-state index in [1.165, 1.54) is 56.9 Å². The second kappa shape index (κ2) is 10.5. The van der Waals surface area contributed by atoms with Gasteiger partial charge in [0.05, 0.1) is 0 Å². The van der Waals surface area contributed by atoms with E-state index in [1.807, 2.05) is 0 Å². The maximum Gasteiger partial charge on any atom is -0.0162 e. The van der Waals surface area contributed by atoms with Crippen molar-refractivity contribution in [1.29, 1.82) is 0 Å². The normalized spacial score (nSPS) is 29.6. The van der Waals surface area contributed by atoms with Gasteiger partial charge in [0, 0.05) is 0 Å². The minimum Gasteiger partial charge on any atom is -0.116 e. The molecule has 0 radical (unpaired) electrons. The van der Waals surface area contributed by atoms with E-state index in [2.05, 4.69) is 63.8 Å².